The number of alkyl halides is 1. The first-order valence-corrected chi connectivity index (χ1v) is 7.34. The predicted octanol–water partition coefficient (Wildman–Crippen LogP) is 0.941. The fraction of sp³-hybridized carbons (Fsp3) is 0.727. The molecule has 2 aliphatic rings. The van der Waals surface area contributed by atoms with E-state index in [1.807, 2.05) is 12.4 Å². The van der Waals surface area contributed by atoms with Crippen LogP contribution in [0.2, 0.25) is 0 Å². The van der Waals surface area contributed by atoms with Crippen LogP contribution in [-0.2, 0) is 4.74 Å². The van der Waals surface area contributed by atoms with E-state index in [2.05, 4.69) is 12.0 Å². The molecule has 2 aliphatic heterocycles. The van der Waals surface area contributed by atoms with Gasteiger partial charge in [-0.2, -0.15) is 0 Å². The molecule has 3 atom stereocenters. The Labute approximate surface area is 111 Å². The van der Waals surface area contributed by atoms with E-state index in [0.29, 0.717) is 0 Å². The molecule has 16 heavy (non-hydrogen) atoms. The van der Waals surface area contributed by atoms with Gasteiger partial charge in [0.05, 0.1) is 0 Å². The van der Waals surface area contributed by atoms with Gasteiger partial charge in [-0.05, 0) is 0 Å². The molecule has 90 valence electrons. The van der Waals surface area contributed by atoms with Gasteiger partial charge in [0.15, 0.2) is 0 Å². The molecular weight excluding hydrogens is 287 g/mol. The Kier molecular flexibility index (Phi) is 4.12. The van der Waals surface area contributed by atoms with E-state index in [9.17, 15) is 0 Å². The Morgan fingerprint density at radius 2 is 2.25 bits per heavy atom. The molecule has 0 amide bonds. The van der Waals surface area contributed by atoms with Crippen LogP contribution in [-0.4, -0.2) is 59.9 Å². The van der Waals surface area contributed by atoms with Crippen LogP contribution >= 0.6 is 11.6 Å². The van der Waals surface area contributed by atoms with Gasteiger partial charge in [0, 0.05) is 0 Å². The number of halogens is 1. The molecule has 0 N–H and O–H groups in total. The normalized spacial score (nSPS) is 36.2. The van der Waals surface area contributed by atoms with E-state index < -0.39 is 0 Å². The molecule has 2 heterocycles. The number of rotatable bonds is 2. The van der Waals surface area contributed by atoms with E-state index in [-0.39, 0.29) is 5.50 Å². The first-order valence-electron chi connectivity index (χ1n) is 5.69. The number of hydrogen-bond donors (Lipinski definition) is 0. The van der Waals surface area contributed by atoms with Gasteiger partial charge in [0.25, 0.3) is 0 Å². The summed E-state index contributed by atoms with van der Waals surface area (Å²) in [5, 5.41) is 0. The third-order valence-electron chi connectivity index (χ3n) is 3.53. The van der Waals surface area contributed by atoms with Crippen LogP contribution < -0.4 is 0 Å². The molecule has 0 radical (unpaired) electrons. The summed E-state index contributed by atoms with van der Waals surface area (Å²) in [6, 6.07) is 0. The van der Waals surface area contributed by atoms with Crippen molar-refractivity contribution in [2.75, 3.05) is 26.8 Å². The van der Waals surface area contributed by atoms with Crippen LogP contribution in [0.4, 0.5) is 0 Å². The SMILES string of the molecule is C[N+]1(CC2CCOCC2)C([AsH2])=CN=CC1Cl. The van der Waals surface area contributed by atoms with Gasteiger partial charge in [-0.15, -0.1) is 0 Å². The van der Waals surface area contributed by atoms with Gasteiger partial charge in [0.1, 0.15) is 0 Å². The van der Waals surface area contributed by atoms with E-state index in [1.54, 1.807) is 16.9 Å². The van der Waals surface area contributed by atoms with Crippen molar-refractivity contribution in [1.29, 1.82) is 0 Å². The second-order valence-electron chi connectivity index (χ2n) is 4.73. The van der Waals surface area contributed by atoms with Gasteiger partial charge in [0.2, 0.25) is 0 Å². The van der Waals surface area contributed by atoms with Crippen LogP contribution in [0.5, 0.6) is 0 Å². The number of quaternary nitrogens is 1. The van der Waals surface area contributed by atoms with Crippen molar-refractivity contribution in [3.8, 4) is 0 Å². The zero-order valence-electron chi connectivity index (χ0n) is 9.60. The average Bonchev–Trinajstić information content (AvgIpc) is 2.28. The van der Waals surface area contributed by atoms with Gasteiger partial charge >= 0.3 is 111 Å². The molecule has 0 saturated carbocycles. The second kappa shape index (κ2) is 5.22. The molecule has 1 fully saturated rings. The predicted molar refractivity (Wildman–Crippen MR) is 69.4 cm³/mol. The molecule has 0 bridgehead atoms. The summed E-state index contributed by atoms with van der Waals surface area (Å²) < 4.78 is 7.52. The maximum atomic E-state index is 6.40. The number of ether oxygens (including phenoxy) is 1. The molecule has 0 aromatic carbocycles. The fourth-order valence-corrected chi connectivity index (χ4v) is 3.48. The fourth-order valence-electron chi connectivity index (χ4n) is 2.28. The Balaban J connectivity index is 2.06. The molecule has 5 heteroatoms. The van der Waals surface area contributed by atoms with E-state index in [4.69, 9.17) is 16.3 Å². The first-order chi connectivity index (χ1) is 7.63. The molecule has 0 aromatic heterocycles. The standard InChI is InChI=1S/C11H19AsClN2O/c1-15(8-9-2-4-16-5-3-9)10(12)6-14-7-11(15)13/h6-7,9,11H,2-5,8,12H2,1H3/q+1. The maximum absolute atomic E-state index is 6.40. The van der Waals surface area contributed by atoms with Crippen molar-refractivity contribution in [3.05, 3.63) is 10.7 Å². The third-order valence-corrected chi connectivity index (χ3v) is 5.62. The molecule has 2 rings (SSSR count). The van der Waals surface area contributed by atoms with Gasteiger partial charge in [-0.3, -0.25) is 0 Å². The van der Waals surface area contributed by atoms with E-state index in [0.717, 1.165) is 43.0 Å². The van der Waals surface area contributed by atoms with Crippen molar-refractivity contribution in [3.63, 3.8) is 0 Å². The van der Waals surface area contributed by atoms with Crippen molar-refractivity contribution in [2.45, 2.75) is 18.3 Å². The van der Waals surface area contributed by atoms with E-state index >= 15 is 0 Å². The number of aliphatic imine (C=N–C) groups is 1. The summed E-state index contributed by atoms with van der Waals surface area (Å²) in [6.45, 7) is 2.91. The van der Waals surface area contributed by atoms with Gasteiger partial charge in [-0.25, -0.2) is 0 Å². The summed E-state index contributed by atoms with van der Waals surface area (Å²) in [5.74, 6) is 0.727. The molecule has 0 spiro atoms. The van der Waals surface area contributed by atoms with Crippen molar-refractivity contribution < 1.29 is 9.22 Å². The topological polar surface area (TPSA) is 21.6 Å². The summed E-state index contributed by atoms with van der Waals surface area (Å²) in [6.07, 6.45) is 6.13. The van der Waals surface area contributed by atoms with Gasteiger partial charge < -0.3 is 0 Å². The molecule has 0 aromatic rings. The van der Waals surface area contributed by atoms with Crippen LogP contribution in [0.15, 0.2) is 15.7 Å². The summed E-state index contributed by atoms with van der Waals surface area (Å²) in [4.78, 5) is 4.18. The zero-order valence-corrected chi connectivity index (χ0v) is 12.8. The first kappa shape index (κ1) is 12.6. The second-order valence-corrected chi connectivity index (χ2v) is 6.42. The summed E-state index contributed by atoms with van der Waals surface area (Å²) in [5.41, 5.74) is -0.0188. The van der Waals surface area contributed by atoms with Crippen molar-refractivity contribution in [1.82, 2.24) is 0 Å². The van der Waals surface area contributed by atoms with Crippen LogP contribution in [0.25, 0.3) is 0 Å². The van der Waals surface area contributed by atoms with E-state index in [1.165, 1.54) is 4.48 Å². The zero-order chi connectivity index (χ0) is 11.6. The van der Waals surface area contributed by atoms with Crippen molar-refractivity contribution >= 4 is 34.7 Å². The Morgan fingerprint density at radius 1 is 1.56 bits per heavy atom. The number of nitrogens with zero attached hydrogens (tertiary/aromatic N) is 2. The number of hydrogen-bond acceptors (Lipinski definition) is 2. The summed E-state index contributed by atoms with van der Waals surface area (Å²) >= 11 is 8.03. The Morgan fingerprint density at radius 3 is 2.88 bits per heavy atom. The Hall–Kier alpha value is 0.178. The minimum atomic E-state index is -0.0188. The molecule has 3 unspecified atom stereocenters. The third kappa shape index (κ3) is 2.53. The van der Waals surface area contributed by atoms with Crippen LogP contribution in [0.3, 0.4) is 0 Å². The minimum absolute atomic E-state index is 0.0188. The molecular formula is C11H19AsClN2O+. The average molecular weight is 306 g/mol. The molecule has 0 aliphatic carbocycles. The quantitative estimate of drug-likeness (QED) is 0.322. The van der Waals surface area contributed by atoms with Crippen LogP contribution in [0, 0.1) is 5.92 Å². The summed E-state index contributed by atoms with van der Waals surface area (Å²) in [7, 11) is 2.21. The van der Waals surface area contributed by atoms with Crippen LogP contribution in [0.1, 0.15) is 12.8 Å². The monoisotopic (exact) mass is 305 g/mol. The molecule has 3 nitrogen and oxygen atoms in total. The molecule has 1 saturated heterocycles. The van der Waals surface area contributed by atoms with Crippen molar-refractivity contribution in [2.24, 2.45) is 10.9 Å². The van der Waals surface area contributed by atoms with Gasteiger partial charge in [-0.1, -0.05) is 0 Å². The Bertz CT molecular complexity index is 315.